The fraction of sp³-hybridized carbons (Fsp3) is 0.679. The number of aryl methyl sites for hydroxylation is 1. The fourth-order valence-electron chi connectivity index (χ4n) is 6.07. The lowest BCUT2D eigenvalue weighted by Crippen LogP contribution is -2.57. The molecular weight excluding hydrogens is 456 g/mol. The minimum Gasteiger partial charge on any atom is -0.486 e. The normalized spacial score (nSPS) is 25.7. The molecule has 0 spiro atoms. The monoisotopic (exact) mass is 498 g/mol. The van der Waals surface area contributed by atoms with Crippen LogP contribution in [0.2, 0.25) is 0 Å². The molecule has 0 aromatic heterocycles. The van der Waals surface area contributed by atoms with E-state index < -0.39 is 6.04 Å². The lowest BCUT2D eigenvalue weighted by atomic mass is 9.83. The van der Waals surface area contributed by atoms with Crippen LogP contribution in [-0.4, -0.2) is 72.0 Å². The van der Waals surface area contributed by atoms with Gasteiger partial charge in [-0.3, -0.25) is 9.59 Å². The van der Waals surface area contributed by atoms with E-state index in [1.165, 1.54) is 6.42 Å². The van der Waals surface area contributed by atoms with Crippen LogP contribution in [0.25, 0.3) is 0 Å². The number of nitrogens with zero attached hydrogens (tertiary/aromatic N) is 2. The van der Waals surface area contributed by atoms with Gasteiger partial charge in [0.25, 0.3) is 0 Å². The molecule has 0 radical (unpaired) electrons. The average molecular weight is 499 g/mol. The number of hydrogen-bond donors (Lipinski definition) is 2. The molecule has 5 atom stereocenters. The van der Waals surface area contributed by atoms with Crippen molar-refractivity contribution >= 4 is 17.8 Å². The minimum absolute atomic E-state index is 0.0256. The predicted octanol–water partition coefficient (Wildman–Crippen LogP) is 3.48. The van der Waals surface area contributed by atoms with E-state index >= 15 is 0 Å². The summed E-state index contributed by atoms with van der Waals surface area (Å²) in [6.07, 6.45) is 6.36. The van der Waals surface area contributed by atoms with Crippen LogP contribution in [-0.2, 0) is 9.59 Å². The smallest absolute Gasteiger partial charge is 0.317 e. The predicted molar refractivity (Wildman–Crippen MR) is 139 cm³/mol. The van der Waals surface area contributed by atoms with Gasteiger partial charge in [0.15, 0.2) is 0 Å². The molecule has 2 saturated heterocycles. The molecule has 1 aromatic rings. The van der Waals surface area contributed by atoms with Crippen molar-refractivity contribution < 1.29 is 19.1 Å². The Hall–Kier alpha value is -2.77. The third-order valence-corrected chi connectivity index (χ3v) is 8.39. The van der Waals surface area contributed by atoms with E-state index in [1.54, 1.807) is 7.05 Å². The zero-order chi connectivity index (χ0) is 25.8. The molecule has 1 aliphatic carbocycles. The van der Waals surface area contributed by atoms with Crippen molar-refractivity contribution in [1.29, 1.82) is 0 Å². The third-order valence-electron chi connectivity index (χ3n) is 8.39. The number of carbonyl (C=O) groups excluding carboxylic acids is 3. The highest BCUT2D eigenvalue weighted by atomic mass is 16.5. The lowest BCUT2D eigenvalue weighted by Gasteiger charge is -2.36. The number of urea groups is 1. The SMILES string of the molecule is CC[C@@H](C)C(=O)N[C@H](C(=O)N1CC[C@@H]2[C@H]1[C@@H](Oc1ccc(C)cc1)CN2C(=O)NC)C1CCCCC1. The van der Waals surface area contributed by atoms with E-state index in [-0.39, 0.29) is 47.9 Å². The molecule has 3 fully saturated rings. The molecule has 36 heavy (non-hydrogen) atoms. The Labute approximate surface area is 215 Å². The van der Waals surface area contributed by atoms with Gasteiger partial charge in [0.1, 0.15) is 17.9 Å². The molecule has 8 heteroatoms. The summed E-state index contributed by atoms with van der Waals surface area (Å²) in [7, 11) is 1.63. The number of fused-ring (bicyclic) bond motifs is 1. The van der Waals surface area contributed by atoms with Crippen LogP contribution in [0.1, 0.15) is 64.4 Å². The number of amides is 4. The number of benzene rings is 1. The van der Waals surface area contributed by atoms with Crippen molar-refractivity contribution in [1.82, 2.24) is 20.4 Å². The second-order valence-electron chi connectivity index (χ2n) is 10.7. The van der Waals surface area contributed by atoms with Crippen LogP contribution >= 0.6 is 0 Å². The van der Waals surface area contributed by atoms with Crippen LogP contribution in [0.4, 0.5) is 4.79 Å². The van der Waals surface area contributed by atoms with E-state index in [4.69, 9.17) is 4.74 Å². The summed E-state index contributed by atoms with van der Waals surface area (Å²) in [5.41, 5.74) is 1.14. The Balaban J connectivity index is 1.59. The highest BCUT2D eigenvalue weighted by Gasteiger charge is 2.54. The standard InChI is InChI=1S/C28H42N4O4/c1-5-19(3)26(33)30-24(20-9-7-6-8-10-20)27(34)31-16-15-22-25(31)23(17-32(22)28(35)29-4)36-21-13-11-18(2)12-14-21/h11-14,19-20,22-25H,5-10,15-17H2,1-4H3,(H,29,35)(H,30,33)/t19-,22-,23+,24+,25+/m1/s1. The van der Waals surface area contributed by atoms with E-state index in [0.717, 1.165) is 43.4 Å². The molecular formula is C28H42N4O4. The number of hydrogen-bond acceptors (Lipinski definition) is 4. The molecule has 2 heterocycles. The van der Waals surface area contributed by atoms with Crippen molar-refractivity contribution in [3.8, 4) is 5.75 Å². The summed E-state index contributed by atoms with van der Waals surface area (Å²) < 4.78 is 6.41. The van der Waals surface area contributed by atoms with Gasteiger partial charge in [-0.15, -0.1) is 0 Å². The fourth-order valence-corrected chi connectivity index (χ4v) is 6.07. The first-order valence-corrected chi connectivity index (χ1v) is 13.7. The molecule has 0 bridgehead atoms. The Kier molecular flexibility index (Phi) is 8.42. The summed E-state index contributed by atoms with van der Waals surface area (Å²) in [6.45, 7) is 6.90. The average Bonchev–Trinajstić information content (AvgIpc) is 3.49. The van der Waals surface area contributed by atoms with Crippen molar-refractivity contribution in [3.63, 3.8) is 0 Å². The second-order valence-corrected chi connectivity index (χ2v) is 10.7. The van der Waals surface area contributed by atoms with Gasteiger partial charge < -0.3 is 25.2 Å². The Morgan fingerprint density at radius 2 is 1.75 bits per heavy atom. The molecule has 1 aromatic carbocycles. The molecule has 1 saturated carbocycles. The van der Waals surface area contributed by atoms with Crippen LogP contribution in [0.3, 0.4) is 0 Å². The Morgan fingerprint density at radius 1 is 1.06 bits per heavy atom. The first-order chi connectivity index (χ1) is 17.3. The van der Waals surface area contributed by atoms with Gasteiger partial charge >= 0.3 is 6.03 Å². The van der Waals surface area contributed by atoms with Gasteiger partial charge in [-0.2, -0.15) is 0 Å². The molecule has 4 rings (SSSR count). The summed E-state index contributed by atoms with van der Waals surface area (Å²) in [5.74, 6) is 0.663. The maximum absolute atomic E-state index is 14.2. The maximum Gasteiger partial charge on any atom is 0.317 e. The lowest BCUT2D eigenvalue weighted by molar-refractivity contribution is -0.141. The van der Waals surface area contributed by atoms with Crippen LogP contribution in [0.15, 0.2) is 24.3 Å². The van der Waals surface area contributed by atoms with Crippen LogP contribution < -0.4 is 15.4 Å². The highest BCUT2D eigenvalue weighted by Crippen LogP contribution is 2.36. The van der Waals surface area contributed by atoms with Crippen molar-refractivity contribution in [2.24, 2.45) is 11.8 Å². The number of nitrogens with one attached hydrogen (secondary N) is 2. The zero-order valence-electron chi connectivity index (χ0n) is 22.2. The first kappa shape index (κ1) is 26.3. The number of likely N-dealkylation sites (tertiary alicyclic amines) is 2. The quantitative estimate of drug-likeness (QED) is 0.602. The largest absolute Gasteiger partial charge is 0.486 e. The number of rotatable bonds is 7. The van der Waals surface area contributed by atoms with Gasteiger partial charge in [-0.05, 0) is 50.7 Å². The van der Waals surface area contributed by atoms with Crippen molar-refractivity contribution in [2.45, 2.75) is 89.9 Å². The number of ether oxygens (including phenoxy) is 1. The second kappa shape index (κ2) is 11.5. The summed E-state index contributed by atoms with van der Waals surface area (Å²) in [6, 6.07) is 6.84. The highest BCUT2D eigenvalue weighted by molar-refractivity contribution is 5.89. The third kappa shape index (κ3) is 5.47. The Morgan fingerprint density at radius 3 is 2.39 bits per heavy atom. The van der Waals surface area contributed by atoms with Gasteiger partial charge in [0.05, 0.1) is 18.6 Å². The van der Waals surface area contributed by atoms with Crippen LogP contribution in [0, 0.1) is 18.8 Å². The summed E-state index contributed by atoms with van der Waals surface area (Å²) in [4.78, 5) is 43.5. The zero-order valence-corrected chi connectivity index (χ0v) is 22.2. The molecule has 2 N–H and O–H groups in total. The summed E-state index contributed by atoms with van der Waals surface area (Å²) >= 11 is 0. The van der Waals surface area contributed by atoms with Crippen molar-refractivity contribution in [3.05, 3.63) is 29.8 Å². The van der Waals surface area contributed by atoms with Crippen LogP contribution in [0.5, 0.6) is 5.75 Å². The van der Waals surface area contributed by atoms with E-state index in [9.17, 15) is 14.4 Å². The van der Waals surface area contributed by atoms with E-state index in [2.05, 4.69) is 10.6 Å². The maximum atomic E-state index is 14.2. The van der Waals surface area contributed by atoms with E-state index in [0.29, 0.717) is 19.5 Å². The first-order valence-electron chi connectivity index (χ1n) is 13.7. The van der Waals surface area contributed by atoms with Gasteiger partial charge in [-0.25, -0.2) is 4.79 Å². The van der Waals surface area contributed by atoms with Gasteiger partial charge in [0, 0.05) is 19.5 Å². The molecule has 8 nitrogen and oxygen atoms in total. The molecule has 3 aliphatic rings. The number of carbonyl (C=O) groups is 3. The molecule has 2 aliphatic heterocycles. The Bertz CT molecular complexity index is 930. The summed E-state index contributed by atoms with van der Waals surface area (Å²) in [5, 5.41) is 5.89. The molecule has 198 valence electrons. The van der Waals surface area contributed by atoms with Crippen molar-refractivity contribution in [2.75, 3.05) is 20.1 Å². The van der Waals surface area contributed by atoms with E-state index in [1.807, 2.05) is 54.8 Å². The molecule has 0 unspecified atom stereocenters. The molecule has 4 amide bonds. The van der Waals surface area contributed by atoms with Gasteiger partial charge in [0.2, 0.25) is 11.8 Å². The topological polar surface area (TPSA) is 91.0 Å². The minimum atomic E-state index is -0.528. The van der Waals surface area contributed by atoms with Gasteiger partial charge in [-0.1, -0.05) is 50.8 Å².